The lowest BCUT2D eigenvalue weighted by Crippen LogP contribution is -2.04. The van der Waals surface area contributed by atoms with Crippen LogP contribution in [-0.4, -0.2) is 17.8 Å². The first kappa shape index (κ1) is 12.6. The molecule has 1 N–H and O–H groups in total. The highest BCUT2D eigenvalue weighted by molar-refractivity contribution is 7.99. The minimum atomic E-state index is 0.842. The van der Waals surface area contributed by atoms with Gasteiger partial charge >= 0.3 is 0 Å². The molecule has 90 valence electrons. The molecule has 0 spiro atoms. The zero-order valence-corrected chi connectivity index (χ0v) is 11.7. The van der Waals surface area contributed by atoms with E-state index < -0.39 is 0 Å². The quantitative estimate of drug-likeness (QED) is 0.835. The summed E-state index contributed by atoms with van der Waals surface area (Å²) < 4.78 is 0. The van der Waals surface area contributed by atoms with Crippen LogP contribution in [0, 0.1) is 0 Å². The van der Waals surface area contributed by atoms with E-state index in [9.17, 15) is 0 Å². The molecule has 4 heteroatoms. The number of nitrogens with one attached hydrogen (secondary N) is 1. The van der Waals surface area contributed by atoms with Gasteiger partial charge in [-0.05, 0) is 24.9 Å². The molecule has 0 amide bonds. The summed E-state index contributed by atoms with van der Waals surface area (Å²) in [5.41, 5.74) is 2.28. The number of hydrogen-bond acceptors (Lipinski definition) is 4. The van der Waals surface area contributed by atoms with Gasteiger partial charge in [-0.1, -0.05) is 19.1 Å². The molecule has 0 aliphatic heterocycles. The lowest BCUT2D eigenvalue weighted by molar-refractivity contribution is 0.811. The fourth-order valence-electron chi connectivity index (χ4n) is 1.56. The second-order valence-electron chi connectivity index (χ2n) is 3.61. The minimum Gasteiger partial charge on any atom is -0.314 e. The Hall–Kier alpha value is -0.840. The third-order valence-electron chi connectivity index (χ3n) is 2.34. The summed E-state index contributed by atoms with van der Waals surface area (Å²) in [4.78, 5) is 5.92. The van der Waals surface area contributed by atoms with Crippen LogP contribution in [-0.2, 0) is 6.54 Å². The molecule has 0 saturated heterocycles. The number of aromatic nitrogens is 1. The third-order valence-corrected chi connectivity index (χ3v) is 4.08. The smallest absolute Gasteiger partial charge is 0.107 e. The van der Waals surface area contributed by atoms with E-state index in [2.05, 4.69) is 46.9 Å². The van der Waals surface area contributed by atoms with E-state index in [0.29, 0.717) is 0 Å². The fourth-order valence-corrected chi connectivity index (χ4v) is 3.04. The Morgan fingerprint density at radius 2 is 2.06 bits per heavy atom. The van der Waals surface area contributed by atoms with Gasteiger partial charge in [-0.25, -0.2) is 4.98 Å². The van der Waals surface area contributed by atoms with Crippen molar-refractivity contribution < 1.29 is 0 Å². The second-order valence-corrected chi connectivity index (χ2v) is 5.89. The van der Waals surface area contributed by atoms with Crippen LogP contribution < -0.4 is 5.32 Å². The Morgan fingerprint density at radius 1 is 1.29 bits per heavy atom. The molecular formula is C13H16N2S2. The van der Waals surface area contributed by atoms with Crippen LogP contribution in [0.3, 0.4) is 0 Å². The topological polar surface area (TPSA) is 24.9 Å². The van der Waals surface area contributed by atoms with Crippen molar-refractivity contribution in [1.29, 1.82) is 0 Å². The molecule has 2 nitrogen and oxygen atoms in total. The monoisotopic (exact) mass is 264 g/mol. The average Bonchev–Trinajstić information content (AvgIpc) is 2.80. The molecule has 0 aliphatic rings. The third kappa shape index (κ3) is 3.31. The molecule has 0 atom stereocenters. The predicted octanol–water partition coefficient (Wildman–Crippen LogP) is 3.64. The Kier molecular flexibility index (Phi) is 4.59. The minimum absolute atomic E-state index is 0.842. The summed E-state index contributed by atoms with van der Waals surface area (Å²) in [5, 5.41) is 6.37. The van der Waals surface area contributed by atoms with Crippen molar-refractivity contribution in [3.63, 3.8) is 0 Å². The Morgan fingerprint density at radius 3 is 2.71 bits per heavy atom. The zero-order valence-electron chi connectivity index (χ0n) is 10.1. The largest absolute Gasteiger partial charge is 0.314 e. The predicted molar refractivity (Wildman–Crippen MR) is 76.7 cm³/mol. The van der Waals surface area contributed by atoms with Crippen LogP contribution in [0.1, 0.15) is 11.9 Å². The van der Waals surface area contributed by atoms with Gasteiger partial charge < -0.3 is 5.32 Å². The lowest BCUT2D eigenvalue weighted by atomic mass is 10.2. The first-order valence-electron chi connectivity index (χ1n) is 5.65. The van der Waals surface area contributed by atoms with E-state index in [1.807, 2.05) is 18.8 Å². The van der Waals surface area contributed by atoms with E-state index in [4.69, 9.17) is 0 Å². The van der Waals surface area contributed by atoms with Crippen LogP contribution >= 0.6 is 23.1 Å². The maximum Gasteiger partial charge on any atom is 0.107 e. The molecule has 2 aromatic rings. The van der Waals surface area contributed by atoms with Crippen molar-refractivity contribution in [2.24, 2.45) is 0 Å². The number of nitrogens with zero attached hydrogens (tertiary/aromatic N) is 1. The second kappa shape index (κ2) is 6.19. The zero-order chi connectivity index (χ0) is 12.1. The van der Waals surface area contributed by atoms with Crippen LogP contribution in [0.4, 0.5) is 0 Å². The van der Waals surface area contributed by atoms with E-state index in [-0.39, 0.29) is 0 Å². The summed E-state index contributed by atoms with van der Waals surface area (Å²) in [6.45, 7) is 3.01. The van der Waals surface area contributed by atoms with Gasteiger partial charge in [0.05, 0.1) is 5.69 Å². The van der Waals surface area contributed by atoms with E-state index in [1.54, 1.807) is 11.3 Å². The van der Waals surface area contributed by atoms with E-state index in [1.165, 1.54) is 10.5 Å². The number of hydrogen-bond donors (Lipinski definition) is 1. The van der Waals surface area contributed by atoms with Crippen molar-refractivity contribution in [3.05, 3.63) is 34.7 Å². The average molecular weight is 264 g/mol. The van der Waals surface area contributed by atoms with Gasteiger partial charge in [0.25, 0.3) is 0 Å². The SMILES string of the molecule is CCSc1ccc(-c2csc(CNC)n2)cc1. The van der Waals surface area contributed by atoms with Gasteiger partial charge in [0.15, 0.2) is 0 Å². The molecule has 0 saturated carbocycles. The van der Waals surface area contributed by atoms with E-state index >= 15 is 0 Å². The molecule has 1 aromatic carbocycles. The number of rotatable bonds is 5. The Labute approximate surface area is 110 Å². The van der Waals surface area contributed by atoms with Crippen LogP contribution in [0.25, 0.3) is 11.3 Å². The number of thioether (sulfide) groups is 1. The number of benzene rings is 1. The molecule has 1 aromatic heterocycles. The highest BCUT2D eigenvalue weighted by Gasteiger charge is 2.03. The van der Waals surface area contributed by atoms with Gasteiger partial charge in [-0.2, -0.15) is 0 Å². The Bertz CT molecular complexity index is 463. The van der Waals surface area contributed by atoms with Crippen molar-refractivity contribution in [3.8, 4) is 11.3 Å². The summed E-state index contributed by atoms with van der Waals surface area (Å²) in [6.07, 6.45) is 0. The standard InChI is InChI=1S/C13H16N2S2/c1-3-16-11-6-4-10(5-7-11)12-9-17-13(15-12)8-14-2/h4-7,9,14H,3,8H2,1-2H3. The summed E-state index contributed by atoms with van der Waals surface area (Å²) in [5.74, 6) is 1.11. The normalized spacial score (nSPS) is 10.7. The molecule has 0 unspecified atom stereocenters. The first-order valence-corrected chi connectivity index (χ1v) is 7.52. The fraction of sp³-hybridized carbons (Fsp3) is 0.308. The van der Waals surface area contributed by atoms with Crippen LogP contribution in [0.2, 0.25) is 0 Å². The molecule has 0 fully saturated rings. The van der Waals surface area contributed by atoms with Crippen molar-refractivity contribution >= 4 is 23.1 Å². The van der Waals surface area contributed by atoms with Crippen molar-refractivity contribution in [2.45, 2.75) is 18.4 Å². The molecule has 0 bridgehead atoms. The van der Waals surface area contributed by atoms with Crippen LogP contribution in [0.15, 0.2) is 34.5 Å². The molecule has 0 aliphatic carbocycles. The summed E-state index contributed by atoms with van der Waals surface area (Å²) in [7, 11) is 1.94. The molecule has 2 rings (SSSR count). The van der Waals surface area contributed by atoms with Crippen molar-refractivity contribution in [2.75, 3.05) is 12.8 Å². The van der Waals surface area contributed by atoms with Crippen molar-refractivity contribution in [1.82, 2.24) is 10.3 Å². The summed E-state index contributed by atoms with van der Waals surface area (Å²) in [6, 6.07) is 8.63. The van der Waals surface area contributed by atoms with E-state index in [0.717, 1.165) is 23.0 Å². The maximum atomic E-state index is 4.60. The lowest BCUT2D eigenvalue weighted by Gasteiger charge is -2.00. The first-order chi connectivity index (χ1) is 8.33. The molecule has 17 heavy (non-hydrogen) atoms. The molecule has 0 radical (unpaired) electrons. The maximum absolute atomic E-state index is 4.60. The summed E-state index contributed by atoms with van der Waals surface area (Å²) >= 11 is 3.57. The van der Waals surface area contributed by atoms with Gasteiger partial charge in [-0.15, -0.1) is 23.1 Å². The van der Waals surface area contributed by atoms with Gasteiger partial charge in [-0.3, -0.25) is 0 Å². The highest BCUT2D eigenvalue weighted by Crippen LogP contribution is 2.25. The number of thiazole rings is 1. The molecular weight excluding hydrogens is 248 g/mol. The Balaban J connectivity index is 2.15. The molecule has 1 heterocycles. The van der Waals surface area contributed by atoms with Gasteiger partial charge in [0, 0.05) is 22.4 Å². The van der Waals surface area contributed by atoms with Gasteiger partial charge in [0.2, 0.25) is 0 Å². The van der Waals surface area contributed by atoms with Crippen LogP contribution in [0.5, 0.6) is 0 Å². The highest BCUT2D eigenvalue weighted by atomic mass is 32.2. The van der Waals surface area contributed by atoms with Gasteiger partial charge in [0.1, 0.15) is 5.01 Å².